The first-order valence-corrected chi connectivity index (χ1v) is 8.15. The Labute approximate surface area is 144 Å². The van der Waals surface area contributed by atoms with E-state index in [4.69, 9.17) is 10.5 Å². The second-order valence-electron chi connectivity index (χ2n) is 6.34. The topological polar surface area (TPSA) is 109 Å². The van der Waals surface area contributed by atoms with Crippen LogP contribution < -0.4 is 10.5 Å². The number of methoxy groups -OCH3 is 1. The highest BCUT2D eigenvalue weighted by atomic mass is 16.5. The summed E-state index contributed by atoms with van der Waals surface area (Å²) in [7, 11) is 1.63. The monoisotopic (exact) mass is 338 g/mol. The number of ether oxygens (including phenoxy) is 1. The number of nitrogens with two attached hydrogens (primary N) is 1. The van der Waals surface area contributed by atoms with Gasteiger partial charge in [-0.05, 0) is 43.0 Å². The summed E-state index contributed by atoms with van der Waals surface area (Å²) >= 11 is 0. The molecule has 1 fully saturated rings. The van der Waals surface area contributed by atoms with Crippen LogP contribution in [0, 0.1) is 11.8 Å². The Morgan fingerprint density at radius 1 is 1.32 bits per heavy atom. The maximum absolute atomic E-state index is 11.1. The first kappa shape index (κ1) is 15.5. The zero-order valence-corrected chi connectivity index (χ0v) is 13.8. The van der Waals surface area contributed by atoms with E-state index in [1.807, 2.05) is 24.3 Å². The number of aromatic nitrogens is 5. The van der Waals surface area contributed by atoms with Crippen LogP contribution in [0.25, 0.3) is 16.9 Å². The average molecular weight is 338 g/mol. The summed E-state index contributed by atoms with van der Waals surface area (Å²) in [6.45, 7) is 0. The van der Waals surface area contributed by atoms with Crippen LogP contribution in [0.2, 0.25) is 0 Å². The van der Waals surface area contributed by atoms with E-state index in [0.717, 1.165) is 36.5 Å². The van der Waals surface area contributed by atoms with Crippen molar-refractivity contribution in [3.63, 3.8) is 0 Å². The normalized spacial score (nSPS) is 19.6. The Balaban J connectivity index is 1.58. The van der Waals surface area contributed by atoms with Crippen LogP contribution in [0.3, 0.4) is 0 Å². The van der Waals surface area contributed by atoms with Crippen LogP contribution in [0.15, 0.2) is 30.5 Å². The molecular formula is C17H18N6O2. The van der Waals surface area contributed by atoms with Crippen molar-refractivity contribution < 1.29 is 9.53 Å². The van der Waals surface area contributed by atoms with Crippen molar-refractivity contribution in [2.45, 2.75) is 19.3 Å². The Bertz CT molecular complexity index is 915. The van der Waals surface area contributed by atoms with Gasteiger partial charge in [-0.15, -0.1) is 5.10 Å². The quantitative estimate of drug-likeness (QED) is 0.750. The highest BCUT2D eigenvalue weighted by Gasteiger charge is 2.33. The van der Waals surface area contributed by atoms with Gasteiger partial charge in [0.05, 0.1) is 19.0 Å². The number of nitrogens with zero attached hydrogens (tertiary/aromatic N) is 5. The molecule has 2 aromatic heterocycles. The van der Waals surface area contributed by atoms with Crippen molar-refractivity contribution >= 4 is 17.1 Å². The Morgan fingerprint density at radius 3 is 2.76 bits per heavy atom. The molecule has 1 aromatic carbocycles. The van der Waals surface area contributed by atoms with E-state index >= 15 is 0 Å². The van der Waals surface area contributed by atoms with E-state index in [1.165, 1.54) is 0 Å². The van der Waals surface area contributed by atoms with Gasteiger partial charge in [0.1, 0.15) is 11.6 Å². The smallest absolute Gasteiger partial charge is 0.220 e. The summed E-state index contributed by atoms with van der Waals surface area (Å²) < 4.78 is 6.86. The number of amides is 1. The summed E-state index contributed by atoms with van der Waals surface area (Å²) in [4.78, 5) is 20.1. The van der Waals surface area contributed by atoms with Gasteiger partial charge in [-0.25, -0.2) is 9.97 Å². The molecule has 3 aromatic rings. The van der Waals surface area contributed by atoms with Gasteiger partial charge in [0.2, 0.25) is 5.91 Å². The number of primary amides is 1. The molecule has 0 atom stereocenters. The maximum Gasteiger partial charge on any atom is 0.220 e. The molecule has 0 radical (unpaired) electrons. The largest absolute Gasteiger partial charge is 0.497 e. The molecule has 8 heteroatoms. The molecule has 0 unspecified atom stereocenters. The maximum atomic E-state index is 11.1. The van der Waals surface area contributed by atoms with Crippen molar-refractivity contribution in [3.8, 4) is 11.4 Å². The van der Waals surface area contributed by atoms with Crippen molar-refractivity contribution in [1.29, 1.82) is 0 Å². The van der Waals surface area contributed by atoms with Gasteiger partial charge >= 0.3 is 0 Å². The standard InChI is InChI=1S/C17H18N6O2/c1-25-13-4-2-12(3-5-13)23-17-14(21-22-23)9-19-15(20-17)8-10-6-11(7-10)16(18)24/h2-5,9-11H,6-8H2,1H3,(H2,18,24). The lowest BCUT2D eigenvalue weighted by Crippen LogP contribution is -2.36. The van der Waals surface area contributed by atoms with Crippen LogP contribution in [0.5, 0.6) is 5.75 Å². The molecular weight excluding hydrogens is 320 g/mol. The molecule has 1 saturated carbocycles. The molecule has 2 heterocycles. The minimum atomic E-state index is -0.214. The number of benzene rings is 1. The second kappa shape index (κ2) is 6.12. The zero-order valence-electron chi connectivity index (χ0n) is 13.8. The van der Waals surface area contributed by atoms with E-state index in [0.29, 0.717) is 17.1 Å². The van der Waals surface area contributed by atoms with Gasteiger partial charge in [0.25, 0.3) is 0 Å². The van der Waals surface area contributed by atoms with Gasteiger partial charge < -0.3 is 10.5 Å². The van der Waals surface area contributed by atoms with Crippen molar-refractivity contribution in [3.05, 3.63) is 36.3 Å². The number of hydrogen-bond donors (Lipinski definition) is 1. The lowest BCUT2D eigenvalue weighted by Gasteiger charge is -2.32. The molecule has 2 N–H and O–H groups in total. The predicted molar refractivity (Wildman–Crippen MR) is 90.1 cm³/mol. The van der Waals surface area contributed by atoms with E-state index < -0.39 is 0 Å². The molecule has 8 nitrogen and oxygen atoms in total. The molecule has 1 aliphatic carbocycles. The first-order chi connectivity index (χ1) is 12.1. The summed E-state index contributed by atoms with van der Waals surface area (Å²) in [6, 6.07) is 7.53. The fourth-order valence-electron chi connectivity index (χ4n) is 3.15. The lowest BCUT2D eigenvalue weighted by atomic mass is 9.73. The van der Waals surface area contributed by atoms with Crippen molar-refractivity contribution in [2.24, 2.45) is 17.6 Å². The summed E-state index contributed by atoms with van der Waals surface area (Å²) in [6.07, 6.45) is 4.04. The molecule has 128 valence electrons. The molecule has 1 aliphatic rings. The van der Waals surface area contributed by atoms with Crippen LogP contribution in [0.4, 0.5) is 0 Å². The van der Waals surface area contributed by atoms with Crippen LogP contribution in [-0.4, -0.2) is 38.0 Å². The lowest BCUT2D eigenvalue weighted by molar-refractivity contribution is -0.125. The Kier molecular flexibility index (Phi) is 3.79. The first-order valence-electron chi connectivity index (χ1n) is 8.15. The predicted octanol–water partition coefficient (Wildman–Crippen LogP) is 1.27. The Hall–Kier alpha value is -3.03. The highest BCUT2D eigenvalue weighted by Crippen LogP contribution is 2.35. The molecule has 25 heavy (non-hydrogen) atoms. The third-order valence-corrected chi connectivity index (χ3v) is 4.67. The van der Waals surface area contributed by atoms with E-state index in [9.17, 15) is 4.79 Å². The second-order valence-corrected chi connectivity index (χ2v) is 6.34. The fourth-order valence-corrected chi connectivity index (χ4v) is 3.15. The van der Waals surface area contributed by atoms with E-state index in [2.05, 4.69) is 20.3 Å². The summed E-state index contributed by atoms with van der Waals surface area (Å²) in [5.41, 5.74) is 7.48. The molecule has 0 bridgehead atoms. The number of rotatable bonds is 5. The minimum absolute atomic E-state index is 0.000208. The van der Waals surface area contributed by atoms with Gasteiger partial charge in [-0.2, -0.15) is 4.68 Å². The van der Waals surface area contributed by atoms with Crippen molar-refractivity contribution in [2.75, 3.05) is 7.11 Å². The molecule has 4 rings (SSSR count). The zero-order chi connectivity index (χ0) is 17.4. The molecule has 0 spiro atoms. The van der Waals surface area contributed by atoms with E-state index in [1.54, 1.807) is 18.0 Å². The summed E-state index contributed by atoms with van der Waals surface area (Å²) in [5.74, 6) is 1.70. The van der Waals surface area contributed by atoms with Crippen molar-refractivity contribution in [1.82, 2.24) is 25.0 Å². The number of carbonyl (C=O) groups excluding carboxylic acids is 1. The van der Waals surface area contributed by atoms with Crippen LogP contribution in [0.1, 0.15) is 18.7 Å². The SMILES string of the molecule is COc1ccc(-n2nnc3cnc(CC4CC(C(N)=O)C4)nc32)cc1. The summed E-state index contributed by atoms with van der Waals surface area (Å²) in [5, 5.41) is 8.30. The highest BCUT2D eigenvalue weighted by molar-refractivity contribution is 5.77. The molecule has 0 aliphatic heterocycles. The molecule has 0 saturated heterocycles. The number of carbonyl (C=O) groups is 1. The van der Waals surface area contributed by atoms with Crippen LogP contribution >= 0.6 is 0 Å². The third kappa shape index (κ3) is 2.90. The Morgan fingerprint density at radius 2 is 2.08 bits per heavy atom. The average Bonchev–Trinajstić information content (AvgIpc) is 3.00. The van der Waals surface area contributed by atoms with Gasteiger partial charge in [-0.1, -0.05) is 5.21 Å². The van der Waals surface area contributed by atoms with E-state index in [-0.39, 0.29) is 11.8 Å². The fraction of sp³-hybridized carbons (Fsp3) is 0.353. The van der Waals surface area contributed by atoms with Gasteiger partial charge in [0.15, 0.2) is 11.2 Å². The third-order valence-electron chi connectivity index (χ3n) is 4.67. The number of hydrogen-bond acceptors (Lipinski definition) is 6. The van der Waals surface area contributed by atoms with Crippen LogP contribution in [-0.2, 0) is 11.2 Å². The molecule has 1 amide bonds. The van der Waals surface area contributed by atoms with Gasteiger partial charge in [0, 0.05) is 12.3 Å². The number of fused-ring (bicyclic) bond motifs is 1. The minimum Gasteiger partial charge on any atom is -0.497 e. The van der Waals surface area contributed by atoms with Gasteiger partial charge in [-0.3, -0.25) is 4.79 Å².